The fourth-order valence-electron chi connectivity index (χ4n) is 1.33. The van der Waals surface area contributed by atoms with Crippen LogP contribution in [0.2, 0.25) is 0 Å². The molecule has 2 unspecified atom stereocenters. The maximum absolute atomic E-state index is 5.72. The minimum atomic E-state index is 0.0189. The molecule has 0 aliphatic heterocycles. The Kier molecular flexibility index (Phi) is 5.63. The van der Waals surface area contributed by atoms with Crippen LogP contribution >= 0.6 is 22.6 Å². The predicted octanol–water partition coefficient (Wildman–Crippen LogP) is 2.23. The Morgan fingerprint density at radius 3 is 2.87 bits per heavy atom. The summed E-state index contributed by atoms with van der Waals surface area (Å²) in [5.74, 6) is 0.919. The second-order valence-electron chi connectivity index (χ2n) is 3.65. The van der Waals surface area contributed by atoms with Gasteiger partial charge in [-0.3, -0.25) is 5.32 Å². The second kappa shape index (κ2) is 6.50. The van der Waals surface area contributed by atoms with Crippen molar-refractivity contribution in [3.05, 3.63) is 24.0 Å². The largest absolute Gasteiger partial charge is 0.493 e. The van der Waals surface area contributed by atoms with Crippen molar-refractivity contribution in [3.63, 3.8) is 0 Å². The molecule has 0 spiro atoms. The molecule has 1 aliphatic carbocycles. The van der Waals surface area contributed by atoms with Gasteiger partial charge in [-0.05, 0) is 27.0 Å². The summed E-state index contributed by atoms with van der Waals surface area (Å²) in [6.45, 7) is 4.59. The first-order valence-corrected chi connectivity index (χ1v) is 6.35. The van der Waals surface area contributed by atoms with E-state index in [2.05, 4.69) is 34.0 Å². The number of hydrogen-bond donors (Lipinski definition) is 1. The lowest BCUT2D eigenvalue weighted by molar-refractivity contribution is 0.0138. The fraction of sp³-hybridized carbons (Fsp3) is 0.636. The highest BCUT2D eigenvalue weighted by molar-refractivity contribution is 14.1. The number of ether oxygens (including phenoxy) is 2. The summed E-state index contributed by atoms with van der Waals surface area (Å²) >= 11 is 2.36. The molecular formula is C11H18INO2. The second-order valence-corrected chi connectivity index (χ2v) is 5.09. The Bertz CT molecular complexity index is 251. The van der Waals surface area contributed by atoms with Gasteiger partial charge in [0, 0.05) is 0 Å². The predicted molar refractivity (Wildman–Crippen MR) is 70.1 cm³/mol. The molecule has 0 aromatic rings. The lowest BCUT2D eigenvalue weighted by Gasteiger charge is -2.27. The van der Waals surface area contributed by atoms with Crippen LogP contribution in [0.4, 0.5) is 0 Å². The van der Waals surface area contributed by atoms with E-state index in [-0.39, 0.29) is 12.2 Å². The average molecular weight is 323 g/mol. The molecule has 0 aromatic carbocycles. The number of hydrogen-bond acceptors (Lipinski definition) is 3. The monoisotopic (exact) mass is 323 g/mol. The SMILES string of the molecule is CNCOC1C(OC(C)C)=CC=CC1I. The van der Waals surface area contributed by atoms with Gasteiger partial charge in [0.25, 0.3) is 0 Å². The van der Waals surface area contributed by atoms with Crippen molar-refractivity contribution in [2.24, 2.45) is 0 Å². The summed E-state index contributed by atoms with van der Waals surface area (Å²) in [5, 5.41) is 2.98. The fourth-order valence-corrected chi connectivity index (χ4v) is 2.14. The van der Waals surface area contributed by atoms with Crippen LogP contribution in [0.3, 0.4) is 0 Å². The van der Waals surface area contributed by atoms with E-state index in [1.165, 1.54) is 0 Å². The third kappa shape index (κ3) is 4.12. The van der Waals surface area contributed by atoms with Crippen molar-refractivity contribution in [3.8, 4) is 0 Å². The first-order valence-electron chi connectivity index (χ1n) is 5.10. The summed E-state index contributed by atoms with van der Waals surface area (Å²) < 4.78 is 11.7. The van der Waals surface area contributed by atoms with E-state index in [4.69, 9.17) is 9.47 Å². The lowest BCUT2D eigenvalue weighted by Crippen LogP contribution is -2.32. The molecule has 0 fully saturated rings. The van der Waals surface area contributed by atoms with Crippen LogP contribution in [0.5, 0.6) is 0 Å². The maximum Gasteiger partial charge on any atom is 0.131 e. The number of nitrogens with one attached hydrogen (secondary N) is 1. The van der Waals surface area contributed by atoms with Crippen LogP contribution in [0.25, 0.3) is 0 Å². The van der Waals surface area contributed by atoms with E-state index < -0.39 is 0 Å². The Morgan fingerprint density at radius 2 is 2.27 bits per heavy atom. The third-order valence-electron chi connectivity index (χ3n) is 1.90. The van der Waals surface area contributed by atoms with Crippen molar-refractivity contribution in [1.29, 1.82) is 0 Å². The van der Waals surface area contributed by atoms with Crippen LogP contribution < -0.4 is 5.32 Å². The summed E-state index contributed by atoms with van der Waals surface area (Å²) in [6.07, 6.45) is 6.33. The van der Waals surface area contributed by atoms with E-state index in [0.29, 0.717) is 10.7 Å². The number of rotatable bonds is 5. The van der Waals surface area contributed by atoms with Gasteiger partial charge in [-0.15, -0.1) is 0 Å². The summed E-state index contributed by atoms with van der Waals surface area (Å²) in [6, 6.07) is 0. The normalized spacial score (nSPS) is 25.5. The molecule has 3 nitrogen and oxygen atoms in total. The molecule has 0 bridgehead atoms. The average Bonchev–Trinajstić information content (AvgIpc) is 2.16. The Morgan fingerprint density at radius 1 is 1.53 bits per heavy atom. The van der Waals surface area contributed by atoms with Gasteiger partial charge in [0.05, 0.1) is 16.8 Å². The summed E-state index contributed by atoms with van der Waals surface area (Å²) in [5.41, 5.74) is 0. The van der Waals surface area contributed by atoms with E-state index >= 15 is 0 Å². The van der Waals surface area contributed by atoms with Crippen molar-refractivity contribution >= 4 is 22.6 Å². The minimum Gasteiger partial charge on any atom is -0.493 e. The molecule has 0 heterocycles. The molecular weight excluding hydrogens is 305 g/mol. The summed E-state index contributed by atoms with van der Waals surface area (Å²) in [7, 11) is 1.87. The quantitative estimate of drug-likeness (QED) is 0.478. The lowest BCUT2D eigenvalue weighted by atomic mass is 10.1. The zero-order chi connectivity index (χ0) is 11.3. The molecule has 0 saturated carbocycles. The van der Waals surface area contributed by atoms with Crippen molar-refractivity contribution in [2.45, 2.75) is 30.0 Å². The zero-order valence-corrected chi connectivity index (χ0v) is 11.5. The molecule has 0 amide bonds. The van der Waals surface area contributed by atoms with Gasteiger partial charge in [0.2, 0.25) is 0 Å². The van der Waals surface area contributed by atoms with Gasteiger partial charge in [-0.2, -0.15) is 0 Å². The Balaban J connectivity index is 2.62. The van der Waals surface area contributed by atoms with Crippen LogP contribution in [0.15, 0.2) is 24.0 Å². The minimum absolute atomic E-state index is 0.0189. The van der Waals surface area contributed by atoms with Crippen molar-refractivity contribution < 1.29 is 9.47 Å². The first-order chi connectivity index (χ1) is 7.15. The molecule has 0 saturated heterocycles. The standard InChI is InChI=1S/C11H18INO2/c1-8(2)15-10-6-4-5-9(12)11(10)14-7-13-3/h4-6,8-9,11,13H,7H2,1-3H3. The van der Waals surface area contributed by atoms with Gasteiger partial charge in [0.1, 0.15) is 11.9 Å². The van der Waals surface area contributed by atoms with E-state index in [1.54, 1.807) is 0 Å². The molecule has 15 heavy (non-hydrogen) atoms. The van der Waals surface area contributed by atoms with Crippen LogP contribution in [-0.4, -0.2) is 29.9 Å². The van der Waals surface area contributed by atoms with E-state index in [1.807, 2.05) is 33.0 Å². The molecule has 1 N–H and O–H groups in total. The molecule has 0 radical (unpaired) electrons. The number of alkyl halides is 1. The van der Waals surface area contributed by atoms with Gasteiger partial charge in [-0.25, -0.2) is 0 Å². The number of halogens is 1. The molecule has 4 heteroatoms. The smallest absolute Gasteiger partial charge is 0.131 e. The highest BCUT2D eigenvalue weighted by Crippen LogP contribution is 2.25. The van der Waals surface area contributed by atoms with Crippen molar-refractivity contribution in [1.82, 2.24) is 5.32 Å². The molecule has 1 aliphatic rings. The van der Waals surface area contributed by atoms with Gasteiger partial charge in [0.15, 0.2) is 0 Å². The zero-order valence-electron chi connectivity index (χ0n) is 9.37. The Labute approximate surface area is 105 Å². The first kappa shape index (κ1) is 13.0. The van der Waals surface area contributed by atoms with Gasteiger partial charge >= 0.3 is 0 Å². The van der Waals surface area contributed by atoms with E-state index in [9.17, 15) is 0 Å². The maximum atomic E-state index is 5.72. The third-order valence-corrected chi connectivity index (χ3v) is 2.97. The molecule has 1 rings (SSSR count). The van der Waals surface area contributed by atoms with Crippen LogP contribution in [0.1, 0.15) is 13.8 Å². The summed E-state index contributed by atoms with van der Waals surface area (Å²) in [4.78, 5) is 0. The van der Waals surface area contributed by atoms with Crippen LogP contribution in [0, 0.1) is 0 Å². The van der Waals surface area contributed by atoms with Gasteiger partial charge in [-0.1, -0.05) is 34.7 Å². The molecule has 0 aromatic heterocycles. The Hall–Kier alpha value is -0.0700. The van der Waals surface area contributed by atoms with Gasteiger partial charge < -0.3 is 9.47 Å². The molecule has 86 valence electrons. The highest BCUT2D eigenvalue weighted by Gasteiger charge is 2.25. The number of allylic oxidation sites excluding steroid dienone is 2. The topological polar surface area (TPSA) is 30.5 Å². The van der Waals surface area contributed by atoms with Crippen molar-refractivity contribution in [2.75, 3.05) is 13.8 Å². The highest BCUT2D eigenvalue weighted by atomic mass is 127. The molecule has 2 atom stereocenters. The van der Waals surface area contributed by atoms with E-state index in [0.717, 1.165) is 5.76 Å². The van der Waals surface area contributed by atoms with Crippen LogP contribution in [-0.2, 0) is 9.47 Å².